The zero-order valence-electron chi connectivity index (χ0n) is 10.4. The Balaban J connectivity index is 2.37. The third-order valence-corrected chi connectivity index (χ3v) is 3.13. The van der Waals surface area contributed by atoms with Crippen LogP contribution in [0.25, 0.3) is 0 Å². The van der Waals surface area contributed by atoms with Crippen molar-refractivity contribution >= 4 is 21.8 Å². The molecule has 94 valence electrons. The van der Waals surface area contributed by atoms with E-state index < -0.39 is 0 Å². The van der Waals surface area contributed by atoms with E-state index >= 15 is 0 Å². The van der Waals surface area contributed by atoms with Crippen LogP contribution in [0.5, 0.6) is 0 Å². The lowest BCUT2D eigenvalue weighted by Gasteiger charge is -2.16. The van der Waals surface area contributed by atoms with Gasteiger partial charge in [0.1, 0.15) is 0 Å². The van der Waals surface area contributed by atoms with Gasteiger partial charge in [0.05, 0.1) is 0 Å². The van der Waals surface area contributed by atoms with E-state index in [2.05, 4.69) is 27.3 Å². The van der Waals surface area contributed by atoms with Crippen LogP contribution in [0.2, 0.25) is 0 Å². The Kier molecular flexibility index (Phi) is 6.22. The molecule has 0 bridgehead atoms. The van der Waals surface area contributed by atoms with Gasteiger partial charge >= 0.3 is 0 Å². The van der Waals surface area contributed by atoms with Gasteiger partial charge in [0.15, 0.2) is 0 Å². The third kappa shape index (κ3) is 5.33. The molecule has 0 atom stereocenters. The SMILES string of the molecule is CNCCN(C)C(=O)CCc1cccc(Br)c1. The molecule has 0 aliphatic rings. The first-order valence-electron chi connectivity index (χ1n) is 5.76. The lowest BCUT2D eigenvalue weighted by Crippen LogP contribution is -2.32. The fourth-order valence-corrected chi connectivity index (χ4v) is 1.99. The minimum Gasteiger partial charge on any atom is -0.344 e. The number of amides is 1. The van der Waals surface area contributed by atoms with Gasteiger partial charge in [-0.15, -0.1) is 0 Å². The van der Waals surface area contributed by atoms with Crippen molar-refractivity contribution in [1.29, 1.82) is 0 Å². The predicted molar refractivity (Wildman–Crippen MR) is 74.0 cm³/mol. The Labute approximate surface area is 111 Å². The van der Waals surface area contributed by atoms with E-state index in [1.54, 1.807) is 4.90 Å². The maximum absolute atomic E-state index is 11.8. The number of halogens is 1. The molecular weight excluding hydrogens is 280 g/mol. The minimum absolute atomic E-state index is 0.195. The Hall–Kier alpha value is -0.870. The highest BCUT2D eigenvalue weighted by molar-refractivity contribution is 9.10. The molecule has 4 heteroatoms. The van der Waals surface area contributed by atoms with Gasteiger partial charge in [-0.05, 0) is 31.2 Å². The van der Waals surface area contributed by atoms with Gasteiger partial charge in [-0.3, -0.25) is 4.79 Å². The number of hydrogen-bond acceptors (Lipinski definition) is 2. The first-order valence-corrected chi connectivity index (χ1v) is 6.56. The molecule has 0 aliphatic heterocycles. The Morgan fingerprint density at radius 1 is 1.47 bits per heavy atom. The standard InChI is InChI=1S/C13H19BrN2O/c1-15-8-9-16(2)13(17)7-6-11-4-3-5-12(14)10-11/h3-5,10,15H,6-9H2,1-2H3. The summed E-state index contributed by atoms with van der Waals surface area (Å²) >= 11 is 3.43. The van der Waals surface area contributed by atoms with Crippen LogP contribution in [0.3, 0.4) is 0 Å². The van der Waals surface area contributed by atoms with Gasteiger partial charge in [-0.25, -0.2) is 0 Å². The van der Waals surface area contributed by atoms with E-state index in [0.717, 1.165) is 24.0 Å². The minimum atomic E-state index is 0.195. The number of hydrogen-bond donors (Lipinski definition) is 1. The largest absolute Gasteiger partial charge is 0.344 e. The molecule has 0 aromatic heterocycles. The summed E-state index contributed by atoms with van der Waals surface area (Å²) in [5.74, 6) is 0.195. The number of nitrogens with one attached hydrogen (secondary N) is 1. The van der Waals surface area contributed by atoms with Crippen molar-refractivity contribution in [1.82, 2.24) is 10.2 Å². The summed E-state index contributed by atoms with van der Waals surface area (Å²) in [6, 6.07) is 8.09. The van der Waals surface area contributed by atoms with Crippen LogP contribution in [0.4, 0.5) is 0 Å². The number of likely N-dealkylation sites (N-methyl/N-ethyl adjacent to an activating group) is 2. The van der Waals surface area contributed by atoms with Gasteiger partial charge in [-0.2, -0.15) is 0 Å². The highest BCUT2D eigenvalue weighted by atomic mass is 79.9. The fourth-order valence-electron chi connectivity index (χ4n) is 1.54. The highest BCUT2D eigenvalue weighted by Crippen LogP contribution is 2.13. The molecule has 1 rings (SSSR count). The van der Waals surface area contributed by atoms with Crippen LogP contribution < -0.4 is 5.32 Å². The van der Waals surface area contributed by atoms with E-state index in [0.29, 0.717) is 6.42 Å². The van der Waals surface area contributed by atoms with Crippen LogP contribution >= 0.6 is 15.9 Å². The summed E-state index contributed by atoms with van der Waals surface area (Å²) in [5.41, 5.74) is 1.19. The Bertz CT molecular complexity index is 368. The monoisotopic (exact) mass is 298 g/mol. The number of carbonyl (C=O) groups is 1. The predicted octanol–water partition coefficient (Wildman–Crippen LogP) is 2.06. The van der Waals surface area contributed by atoms with Gasteiger partial charge in [0.2, 0.25) is 5.91 Å². The average Bonchev–Trinajstić information content (AvgIpc) is 2.33. The van der Waals surface area contributed by atoms with Crippen LogP contribution in [0, 0.1) is 0 Å². The number of carbonyl (C=O) groups excluding carboxylic acids is 1. The maximum Gasteiger partial charge on any atom is 0.222 e. The summed E-state index contributed by atoms with van der Waals surface area (Å²) in [4.78, 5) is 13.6. The number of aryl methyl sites for hydroxylation is 1. The van der Waals surface area contributed by atoms with Gasteiger partial charge in [-0.1, -0.05) is 28.1 Å². The lowest BCUT2D eigenvalue weighted by atomic mass is 10.1. The van der Waals surface area contributed by atoms with E-state index in [-0.39, 0.29) is 5.91 Å². The van der Waals surface area contributed by atoms with Crippen LogP contribution in [0.1, 0.15) is 12.0 Å². The van der Waals surface area contributed by atoms with Crippen molar-refractivity contribution < 1.29 is 4.79 Å². The summed E-state index contributed by atoms with van der Waals surface area (Å²) in [6.45, 7) is 1.59. The number of rotatable bonds is 6. The van der Waals surface area contributed by atoms with Crippen molar-refractivity contribution in [2.45, 2.75) is 12.8 Å². The molecule has 0 unspecified atom stereocenters. The second-order valence-corrected chi connectivity index (χ2v) is 4.96. The molecule has 0 spiro atoms. The van der Waals surface area contributed by atoms with Gasteiger partial charge in [0, 0.05) is 31.0 Å². The molecule has 0 heterocycles. The molecule has 0 saturated heterocycles. The third-order valence-electron chi connectivity index (χ3n) is 2.64. The quantitative estimate of drug-likeness (QED) is 0.872. The second kappa shape index (κ2) is 7.45. The topological polar surface area (TPSA) is 32.3 Å². The smallest absolute Gasteiger partial charge is 0.222 e. The van der Waals surface area contributed by atoms with Crippen LogP contribution in [-0.4, -0.2) is 38.0 Å². The molecule has 3 nitrogen and oxygen atoms in total. The van der Waals surface area contributed by atoms with Crippen LogP contribution in [0.15, 0.2) is 28.7 Å². The summed E-state index contributed by atoms with van der Waals surface area (Å²) < 4.78 is 1.06. The van der Waals surface area contributed by atoms with Crippen LogP contribution in [-0.2, 0) is 11.2 Å². The van der Waals surface area contributed by atoms with Gasteiger partial charge in [0.25, 0.3) is 0 Å². The average molecular weight is 299 g/mol. The zero-order chi connectivity index (χ0) is 12.7. The van der Waals surface area contributed by atoms with E-state index in [1.807, 2.05) is 32.3 Å². The summed E-state index contributed by atoms with van der Waals surface area (Å²) in [7, 11) is 3.74. The molecule has 1 aromatic carbocycles. The van der Waals surface area contributed by atoms with Crippen molar-refractivity contribution in [2.24, 2.45) is 0 Å². The number of nitrogens with zero attached hydrogens (tertiary/aromatic N) is 1. The Morgan fingerprint density at radius 3 is 2.88 bits per heavy atom. The molecule has 0 radical (unpaired) electrons. The molecule has 17 heavy (non-hydrogen) atoms. The van der Waals surface area contributed by atoms with Crippen molar-refractivity contribution in [3.05, 3.63) is 34.3 Å². The van der Waals surface area contributed by atoms with E-state index in [4.69, 9.17) is 0 Å². The van der Waals surface area contributed by atoms with Crippen molar-refractivity contribution in [3.63, 3.8) is 0 Å². The zero-order valence-corrected chi connectivity index (χ0v) is 12.0. The Morgan fingerprint density at radius 2 is 2.24 bits per heavy atom. The first kappa shape index (κ1) is 14.2. The van der Waals surface area contributed by atoms with E-state index in [1.165, 1.54) is 5.56 Å². The van der Waals surface area contributed by atoms with Crippen molar-refractivity contribution in [2.75, 3.05) is 27.2 Å². The second-order valence-electron chi connectivity index (χ2n) is 4.05. The first-order chi connectivity index (χ1) is 8.13. The molecule has 0 saturated carbocycles. The molecule has 1 N–H and O–H groups in total. The van der Waals surface area contributed by atoms with Gasteiger partial charge < -0.3 is 10.2 Å². The highest BCUT2D eigenvalue weighted by Gasteiger charge is 2.07. The maximum atomic E-state index is 11.8. The molecule has 0 aliphatic carbocycles. The molecule has 0 fully saturated rings. The fraction of sp³-hybridized carbons (Fsp3) is 0.462. The summed E-state index contributed by atoms with van der Waals surface area (Å²) in [6.07, 6.45) is 1.36. The molecule has 1 aromatic rings. The molecular formula is C13H19BrN2O. The molecule has 1 amide bonds. The lowest BCUT2D eigenvalue weighted by molar-refractivity contribution is -0.129. The van der Waals surface area contributed by atoms with E-state index in [9.17, 15) is 4.79 Å². The normalized spacial score (nSPS) is 10.3. The summed E-state index contributed by atoms with van der Waals surface area (Å²) in [5, 5.41) is 3.03. The van der Waals surface area contributed by atoms with Crippen molar-refractivity contribution in [3.8, 4) is 0 Å². The number of benzene rings is 1.